The Labute approximate surface area is 238 Å². The molecule has 0 saturated carbocycles. The number of halogens is 5. The van der Waals surface area contributed by atoms with E-state index in [9.17, 15) is 31.5 Å². The first-order valence-corrected chi connectivity index (χ1v) is 13.5. The lowest BCUT2D eigenvalue weighted by atomic mass is 10.0. The standard InChI is InChI=1S/C27H22F5N5O4S/c1-40-19-9-5-15(25-24(19)33-26(42-25)27(30,31)32)17-7-11-21(39)37(36-17)12-2-3-13-41-18-8-4-14(22(28)23(18)29)16-6-10-20(38)35-34-16/h4-5,7-9,11H,2-3,6,10,12-13H2,1H3,(H,35,38). The second-order valence-corrected chi connectivity index (χ2v) is 10.2. The van der Waals surface area contributed by atoms with Crippen LogP contribution in [0.25, 0.3) is 21.5 Å². The summed E-state index contributed by atoms with van der Waals surface area (Å²) in [7, 11) is 1.33. The van der Waals surface area contributed by atoms with E-state index < -0.39 is 28.4 Å². The van der Waals surface area contributed by atoms with Gasteiger partial charge in [0.05, 0.1) is 29.8 Å². The second kappa shape index (κ2) is 11.8. The van der Waals surface area contributed by atoms with Crippen LogP contribution in [0, 0.1) is 11.6 Å². The van der Waals surface area contributed by atoms with Crippen molar-refractivity contribution in [3.05, 3.63) is 69.0 Å². The van der Waals surface area contributed by atoms with E-state index in [1.807, 2.05) is 0 Å². The number of carbonyl (C=O) groups excluding carboxylic acids is 1. The van der Waals surface area contributed by atoms with Crippen LogP contribution in [0.2, 0.25) is 0 Å². The number of aromatic nitrogens is 3. The van der Waals surface area contributed by atoms with Gasteiger partial charge in [-0.3, -0.25) is 9.59 Å². The summed E-state index contributed by atoms with van der Waals surface area (Å²) in [4.78, 5) is 27.4. The van der Waals surface area contributed by atoms with E-state index in [4.69, 9.17) is 9.47 Å². The van der Waals surface area contributed by atoms with Gasteiger partial charge in [-0.1, -0.05) is 0 Å². The zero-order valence-electron chi connectivity index (χ0n) is 21.9. The number of benzene rings is 2. The first kappa shape index (κ1) is 29.1. The molecule has 2 aromatic carbocycles. The number of carbonyl (C=O) groups is 1. The third kappa shape index (κ3) is 5.95. The van der Waals surface area contributed by atoms with Crippen LogP contribution in [0.15, 0.2) is 46.3 Å². The minimum absolute atomic E-state index is 0.0152. The molecule has 4 aromatic rings. The van der Waals surface area contributed by atoms with E-state index in [0.717, 1.165) is 0 Å². The van der Waals surface area contributed by atoms with E-state index in [1.165, 1.54) is 42.1 Å². The summed E-state index contributed by atoms with van der Waals surface area (Å²) in [6.45, 7) is 0.161. The van der Waals surface area contributed by atoms with Gasteiger partial charge >= 0.3 is 6.18 Å². The van der Waals surface area contributed by atoms with Gasteiger partial charge in [0.1, 0.15) is 11.3 Å². The summed E-state index contributed by atoms with van der Waals surface area (Å²) in [6.07, 6.45) is -3.60. The van der Waals surface area contributed by atoms with Crippen molar-refractivity contribution in [2.75, 3.05) is 13.7 Å². The average molecular weight is 608 g/mol. The molecule has 1 aliphatic rings. The van der Waals surface area contributed by atoms with E-state index in [-0.39, 0.29) is 70.6 Å². The van der Waals surface area contributed by atoms with Gasteiger partial charge in [-0.05, 0) is 43.2 Å². The molecule has 0 fully saturated rings. The Hall–Kier alpha value is -4.40. The van der Waals surface area contributed by atoms with Gasteiger partial charge in [-0.25, -0.2) is 19.5 Å². The number of nitrogens with zero attached hydrogens (tertiary/aromatic N) is 4. The molecule has 3 heterocycles. The first-order valence-electron chi connectivity index (χ1n) is 12.7. The molecule has 0 unspecified atom stereocenters. The Morgan fingerprint density at radius 3 is 2.45 bits per heavy atom. The molecule has 15 heteroatoms. The topological polar surface area (TPSA) is 108 Å². The van der Waals surface area contributed by atoms with Crippen LogP contribution in [0.5, 0.6) is 11.5 Å². The van der Waals surface area contributed by atoms with Crippen molar-refractivity contribution in [2.45, 2.75) is 38.4 Å². The van der Waals surface area contributed by atoms with Crippen molar-refractivity contribution in [2.24, 2.45) is 5.10 Å². The number of hydrogen-bond donors (Lipinski definition) is 1. The SMILES string of the molecule is COc1ccc(-c2ccc(=O)n(CCCCOc3ccc(C4=NNC(=O)CC4)c(F)c3F)n2)c2sc(C(F)(F)F)nc12. The molecule has 220 valence electrons. The number of methoxy groups -OCH3 is 1. The number of aryl methyl sites for hydroxylation is 1. The smallest absolute Gasteiger partial charge is 0.443 e. The van der Waals surface area contributed by atoms with Crippen molar-refractivity contribution in [1.82, 2.24) is 20.2 Å². The Morgan fingerprint density at radius 2 is 1.74 bits per heavy atom. The molecule has 42 heavy (non-hydrogen) atoms. The van der Waals surface area contributed by atoms with Crippen LogP contribution in [-0.2, 0) is 17.5 Å². The zero-order chi connectivity index (χ0) is 30.0. The van der Waals surface area contributed by atoms with Gasteiger partial charge in [0, 0.05) is 36.6 Å². The summed E-state index contributed by atoms with van der Waals surface area (Å²) >= 11 is 0.458. The molecular formula is C27H22F5N5O4S. The fourth-order valence-electron chi connectivity index (χ4n) is 4.30. The zero-order valence-corrected chi connectivity index (χ0v) is 22.7. The predicted molar refractivity (Wildman–Crippen MR) is 144 cm³/mol. The first-order chi connectivity index (χ1) is 20.1. The molecule has 9 nitrogen and oxygen atoms in total. The second-order valence-electron chi connectivity index (χ2n) is 9.18. The summed E-state index contributed by atoms with van der Waals surface area (Å²) in [5.41, 5.74) is 2.66. The normalized spacial score (nSPS) is 13.7. The van der Waals surface area contributed by atoms with Crippen molar-refractivity contribution < 1.29 is 36.2 Å². The summed E-state index contributed by atoms with van der Waals surface area (Å²) in [5.74, 6) is -2.73. The largest absolute Gasteiger partial charge is 0.494 e. The fourth-order valence-corrected chi connectivity index (χ4v) is 5.28. The van der Waals surface area contributed by atoms with Gasteiger partial charge < -0.3 is 9.47 Å². The van der Waals surface area contributed by atoms with Crippen LogP contribution < -0.4 is 20.5 Å². The number of thiazole rings is 1. The predicted octanol–water partition coefficient (Wildman–Crippen LogP) is 5.30. The lowest BCUT2D eigenvalue weighted by Gasteiger charge is -2.14. The molecule has 1 N–H and O–H groups in total. The third-order valence-electron chi connectivity index (χ3n) is 6.40. The van der Waals surface area contributed by atoms with Crippen molar-refractivity contribution in [3.63, 3.8) is 0 Å². The van der Waals surface area contributed by atoms with Crippen LogP contribution in [0.3, 0.4) is 0 Å². The number of ether oxygens (including phenoxy) is 2. The maximum Gasteiger partial charge on any atom is 0.443 e. The minimum Gasteiger partial charge on any atom is -0.494 e. The summed E-state index contributed by atoms with van der Waals surface area (Å²) in [5, 5.41) is 7.08. The number of fused-ring (bicyclic) bond motifs is 1. The molecule has 5 rings (SSSR count). The molecule has 0 bridgehead atoms. The number of alkyl halides is 3. The van der Waals surface area contributed by atoms with Crippen molar-refractivity contribution >= 4 is 33.2 Å². The van der Waals surface area contributed by atoms with Crippen molar-refractivity contribution in [1.29, 1.82) is 0 Å². The van der Waals surface area contributed by atoms with Gasteiger partial charge in [-0.15, -0.1) is 11.3 Å². The molecule has 1 aliphatic heterocycles. The number of hydrogen-bond acceptors (Lipinski definition) is 8. The molecule has 2 aromatic heterocycles. The van der Waals surface area contributed by atoms with Crippen LogP contribution in [0.4, 0.5) is 22.0 Å². The minimum atomic E-state index is -4.64. The highest BCUT2D eigenvalue weighted by Crippen LogP contribution is 2.42. The van der Waals surface area contributed by atoms with E-state index in [2.05, 4.69) is 20.6 Å². The number of unbranched alkanes of at least 4 members (excludes halogenated alkanes) is 1. The molecule has 0 atom stereocenters. The highest BCUT2D eigenvalue weighted by atomic mass is 32.1. The van der Waals surface area contributed by atoms with Crippen LogP contribution in [-0.4, -0.2) is 40.1 Å². The monoisotopic (exact) mass is 607 g/mol. The average Bonchev–Trinajstić information content (AvgIpc) is 3.43. The highest BCUT2D eigenvalue weighted by Gasteiger charge is 2.36. The maximum atomic E-state index is 14.6. The van der Waals surface area contributed by atoms with Gasteiger partial charge in [0.25, 0.3) is 5.56 Å². The molecular weight excluding hydrogens is 585 g/mol. The highest BCUT2D eigenvalue weighted by molar-refractivity contribution is 7.19. The molecule has 0 saturated heterocycles. The third-order valence-corrected chi connectivity index (χ3v) is 7.53. The van der Waals surface area contributed by atoms with Gasteiger partial charge in [0.2, 0.25) is 11.7 Å². The molecule has 0 spiro atoms. The fraction of sp³-hybridized carbons (Fsp3) is 0.296. The van der Waals surface area contributed by atoms with Crippen LogP contribution in [0.1, 0.15) is 36.3 Å². The van der Waals surface area contributed by atoms with E-state index in [0.29, 0.717) is 29.7 Å². The Balaban J connectivity index is 1.25. The Kier molecular flexibility index (Phi) is 8.20. The molecule has 0 aliphatic carbocycles. The van der Waals surface area contributed by atoms with Gasteiger partial charge in [0.15, 0.2) is 16.6 Å². The lowest BCUT2D eigenvalue weighted by molar-refractivity contribution is -0.137. The van der Waals surface area contributed by atoms with Crippen LogP contribution >= 0.6 is 11.3 Å². The lowest BCUT2D eigenvalue weighted by Crippen LogP contribution is -2.26. The number of amides is 1. The summed E-state index contributed by atoms with van der Waals surface area (Å²) in [6, 6.07) is 8.34. The molecule has 0 radical (unpaired) electrons. The van der Waals surface area contributed by atoms with E-state index >= 15 is 0 Å². The number of nitrogens with one attached hydrogen (secondary N) is 1. The molecule has 1 amide bonds. The Morgan fingerprint density at radius 1 is 0.976 bits per heavy atom. The van der Waals surface area contributed by atoms with Gasteiger partial charge in [-0.2, -0.15) is 27.8 Å². The number of hydrazone groups is 1. The quantitative estimate of drug-likeness (QED) is 0.205. The maximum absolute atomic E-state index is 14.6. The number of rotatable bonds is 9. The Bertz CT molecular complexity index is 1750. The van der Waals surface area contributed by atoms with Crippen molar-refractivity contribution in [3.8, 4) is 22.8 Å². The van der Waals surface area contributed by atoms with E-state index in [1.54, 1.807) is 6.07 Å². The summed E-state index contributed by atoms with van der Waals surface area (Å²) < 4.78 is 81.2.